The van der Waals surface area contributed by atoms with E-state index in [1.54, 1.807) is 17.1 Å². The Bertz CT molecular complexity index is 693. The molecule has 0 spiro atoms. The predicted molar refractivity (Wildman–Crippen MR) is 102 cm³/mol. The molecule has 1 atom stereocenters. The number of morpholine rings is 1. The SMILES string of the molecule is CC(C)C[C@@H](CNC(=O)c1cnn(-c2ccccc2)c1)N1CCOCC1. The Labute approximate surface area is 155 Å². The van der Waals surface area contributed by atoms with Crippen LogP contribution in [0.15, 0.2) is 42.7 Å². The summed E-state index contributed by atoms with van der Waals surface area (Å²) in [6.45, 7) is 8.49. The predicted octanol–water partition coefficient (Wildman–Crippen LogP) is 2.35. The van der Waals surface area contributed by atoms with E-state index in [0.717, 1.165) is 38.4 Å². The zero-order valence-corrected chi connectivity index (χ0v) is 15.6. The molecule has 1 aromatic carbocycles. The van der Waals surface area contributed by atoms with Crippen LogP contribution < -0.4 is 5.32 Å². The lowest BCUT2D eigenvalue weighted by molar-refractivity contribution is 0.0124. The van der Waals surface area contributed by atoms with Crippen LogP contribution in [0.2, 0.25) is 0 Å². The number of aromatic nitrogens is 2. The Morgan fingerprint density at radius 3 is 2.65 bits per heavy atom. The summed E-state index contributed by atoms with van der Waals surface area (Å²) in [7, 11) is 0. The molecule has 0 radical (unpaired) electrons. The first kappa shape index (κ1) is 18.6. The Kier molecular flexibility index (Phi) is 6.41. The third kappa shape index (κ3) is 4.93. The summed E-state index contributed by atoms with van der Waals surface area (Å²) >= 11 is 0. The van der Waals surface area contributed by atoms with Gasteiger partial charge in [-0.3, -0.25) is 9.69 Å². The molecule has 26 heavy (non-hydrogen) atoms. The fraction of sp³-hybridized carbons (Fsp3) is 0.500. The highest BCUT2D eigenvalue weighted by Crippen LogP contribution is 2.13. The van der Waals surface area contributed by atoms with Gasteiger partial charge in [-0.1, -0.05) is 32.0 Å². The molecule has 1 fully saturated rings. The summed E-state index contributed by atoms with van der Waals surface area (Å²) in [6.07, 6.45) is 4.45. The Morgan fingerprint density at radius 2 is 1.96 bits per heavy atom. The number of para-hydroxylation sites is 1. The molecule has 2 heterocycles. The molecule has 0 bridgehead atoms. The number of carbonyl (C=O) groups is 1. The molecule has 1 N–H and O–H groups in total. The van der Waals surface area contributed by atoms with E-state index in [4.69, 9.17) is 4.74 Å². The molecule has 3 rings (SSSR count). The number of benzene rings is 1. The fourth-order valence-corrected chi connectivity index (χ4v) is 3.32. The topological polar surface area (TPSA) is 59.4 Å². The second-order valence-electron chi connectivity index (χ2n) is 7.15. The van der Waals surface area contributed by atoms with Crippen molar-refractivity contribution < 1.29 is 9.53 Å². The lowest BCUT2D eigenvalue weighted by atomic mass is 10.0. The van der Waals surface area contributed by atoms with E-state index in [9.17, 15) is 4.79 Å². The molecular formula is C20H28N4O2. The number of nitrogens with zero attached hydrogens (tertiary/aromatic N) is 3. The van der Waals surface area contributed by atoms with Crippen LogP contribution in [0.5, 0.6) is 0 Å². The molecule has 1 amide bonds. The monoisotopic (exact) mass is 356 g/mol. The van der Waals surface area contributed by atoms with E-state index in [1.165, 1.54) is 0 Å². The number of hydrogen-bond acceptors (Lipinski definition) is 4. The highest BCUT2D eigenvalue weighted by atomic mass is 16.5. The van der Waals surface area contributed by atoms with Gasteiger partial charge in [0.1, 0.15) is 0 Å². The van der Waals surface area contributed by atoms with Gasteiger partial charge in [0.2, 0.25) is 0 Å². The van der Waals surface area contributed by atoms with Crippen molar-refractivity contribution in [2.45, 2.75) is 26.3 Å². The normalized spacial score (nSPS) is 16.6. The minimum absolute atomic E-state index is 0.0748. The van der Waals surface area contributed by atoms with E-state index >= 15 is 0 Å². The summed E-state index contributed by atoms with van der Waals surface area (Å²) in [6, 6.07) is 10.1. The van der Waals surface area contributed by atoms with Gasteiger partial charge < -0.3 is 10.1 Å². The lowest BCUT2D eigenvalue weighted by Gasteiger charge is -2.35. The molecule has 1 saturated heterocycles. The molecule has 140 valence electrons. The molecule has 0 saturated carbocycles. The van der Waals surface area contributed by atoms with Crippen molar-refractivity contribution in [1.29, 1.82) is 0 Å². The van der Waals surface area contributed by atoms with Gasteiger partial charge in [0.25, 0.3) is 5.91 Å². The quantitative estimate of drug-likeness (QED) is 0.827. The maximum Gasteiger partial charge on any atom is 0.254 e. The standard InChI is InChI=1S/C20H28N4O2/c1-16(2)12-19(23-8-10-26-11-9-23)14-21-20(25)17-13-22-24(15-17)18-6-4-3-5-7-18/h3-7,13,15-16,19H,8-12,14H2,1-2H3,(H,21,25)/t19-/m0/s1. The molecular weight excluding hydrogens is 328 g/mol. The highest BCUT2D eigenvalue weighted by Gasteiger charge is 2.22. The van der Waals surface area contributed by atoms with Crippen molar-refractivity contribution in [2.24, 2.45) is 5.92 Å². The van der Waals surface area contributed by atoms with Gasteiger partial charge >= 0.3 is 0 Å². The first-order chi connectivity index (χ1) is 12.6. The van der Waals surface area contributed by atoms with E-state index in [2.05, 4.69) is 29.2 Å². The molecule has 6 heteroatoms. The number of nitrogens with one attached hydrogen (secondary N) is 1. The van der Waals surface area contributed by atoms with E-state index in [1.807, 2.05) is 30.3 Å². The van der Waals surface area contributed by atoms with Gasteiger partial charge in [-0.15, -0.1) is 0 Å². The summed E-state index contributed by atoms with van der Waals surface area (Å²) in [5.41, 5.74) is 1.52. The van der Waals surface area contributed by atoms with Gasteiger partial charge in [-0.25, -0.2) is 4.68 Å². The van der Waals surface area contributed by atoms with Crippen LogP contribution in [0.25, 0.3) is 5.69 Å². The molecule has 1 aliphatic heterocycles. The van der Waals surface area contributed by atoms with Crippen LogP contribution in [-0.2, 0) is 4.74 Å². The Morgan fingerprint density at radius 1 is 1.23 bits per heavy atom. The molecule has 1 aliphatic rings. The molecule has 2 aromatic rings. The van der Waals surface area contributed by atoms with Crippen LogP contribution in [0.4, 0.5) is 0 Å². The second-order valence-corrected chi connectivity index (χ2v) is 7.15. The van der Waals surface area contributed by atoms with Crippen molar-refractivity contribution >= 4 is 5.91 Å². The number of hydrogen-bond donors (Lipinski definition) is 1. The van der Waals surface area contributed by atoms with Crippen molar-refractivity contribution in [3.63, 3.8) is 0 Å². The summed E-state index contributed by atoms with van der Waals surface area (Å²) in [4.78, 5) is 15.0. The first-order valence-corrected chi connectivity index (χ1v) is 9.33. The minimum Gasteiger partial charge on any atom is -0.379 e. The molecule has 6 nitrogen and oxygen atoms in total. The largest absolute Gasteiger partial charge is 0.379 e. The van der Waals surface area contributed by atoms with Gasteiger partial charge in [0.15, 0.2) is 0 Å². The van der Waals surface area contributed by atoms with Crippen LogP contribution in [0.3, 0.4) is 0 Å². The molecule has 1 aromatic heterocycles. The second kappa shape index (κ2) is 8.96. The highest BCUT2D eigenvalue weighted by molar-refractivity contribution is 5.93. The fourth-order valence-electron chi connectivity index (χ4n) is 3.32. The third-order valence-corrected chi connectivity index (χ3v) is 4.67. The number of amides is 1. The van der Waals surface area contributed by atoms with Gasteiger partial charge in [-0.05, 0) is 24.5 Å². The smallest absolute Gasteiger partial charge is 0.254 e. The van der Waals surface area contributed by atoms with Crippen molar-refractivity contribution in [3.8, 4) is 5.69 Å². The summed E-state index contributed by atoms with van der Waals surface area (Å²) in [5.74, 6) is 0.509. The van der Waals surface area contributed by atoms with Gasteiger partial charge in [-0.2, -0.15) is 5.10 Å². The van der Waals surface area contributed by atoms with E-state index in [0.29, 0.717) is 24.1 Å². The van der Waals surface area contributed by atoms with Crippen LogP contribution in [0, 0.1) is 5.92 Å². The zero-order valence-electron chi connectivity index (χ0n) is 15.6. The summed E-state index contributed by atoms with van der Waals surface area (Å²) < 4.78 is 7.18. The molecule has 0 aliphatic carbocycles. The van der Waals surface area contributed by atoms with Crippen molar-refractivity contribution in [1.82, 2.24) is 20.0 Å². The third-order valence-electron chi connectivity index (χ3n) is 4.67. The molecule has 0 unspecified atom stereocenters. The van der Waals surface area contributed by atoms with E-state index in [-0.39, 0.29) is 5.91 Å². The maximum absolute atomic E-state index is 12.6. The average Bonchev–Trinajstić information content (AvgIpc) is 3.16. The van der Waals surface area contributed by atoms with Crippen molar-refractivity contribution in [2.75, 3.05) is 32.8 Å². The van der Waals surface area contributed by atoms with Crippen molar-refractivity contribution in [3.05, 3.63) is 48.3 Å². The number of ether oxygens (including phenoxy) is 1. The average molecular weight is 356 g/mol. The van der Waals surface area contributed by atoms with Gasteiger partial charge in [0.05, 0.1) is 30.7 Å². The van der Waals surface area contributed by atoms with Crippen LogP contribution in [-0.4, -0.2) is 59.5 Å². The minimum atomic E-state index is -0.0748. The number of rotatable bonds is 7. The number of carbonyl (C=O) groups excluding carboxylic acids is 1. The van der Waals surface area contributed by atoms with Crippen LogP contribution >= 0.6 is 0 Å². The summed E-state index contributed by atoms with van der Waals surface area (Å²) in [5, 5.41) is 7.39. The Balaban J connectivity index is 1.60. The van der Waals surface area contributed by atoms with E-state index < -0.39 is 0 Å². The first-order valence-electron chi connectivity index (χ1n) is 9.33. The Hall–Kier alpha value is -2.18. The maximum atomic E-state index is 12.6. The zero-order chi connectivity index (χ0) is 18.4. The lowest BCUT2D eigenvalue weighted by Crippen LogP contribution is -2.49. The van der Waals surface area contributed by atoms with Gasteiger partial charge in [0, 0.05) is 31.9 Å². The van der Waals surface area contributed by atoms with Crippen LogP contribution in [0.1, 0.15) is 30.6 Å².